The molecule has 2 aliphatic heterocycles. The van der Waals surface area contributed by atoms with Crippen LogP contribution >= 0.6 is 0 Å². The van der Waals surface area contributed by atoms with Gasteiger partial charge in [0.1, 0.15) is 23.7 Å². The molecule has 4 heterocycles. The van der Waals surface area contributed by atoms with Gasteiger partial charge in [0.2, 0.25) is 5.95 Å². The summed E-state index contributed by atoms with van der Waals surface area (Å²) in [4.78, 5) is 31.1. The molecular weight excluding hydrogens is 623 g/mol. The molecule has 2 aromatic heterocycles. The van der Waals surface area contributed by atoms with E-state index in [1.165, 1.54) is 26.3 Å². The first-order valence-electron chi connectivity index (χ1n) is 16.3. The summed E-state index contributed by atoms with van der Waals surface area (Å²) in [6.07, 6.45) is 6.64. The number of alkyl halides is 3. The minimum absolute atomic E-state index is 0.0752. The molecule has 0 unspecified atom stereocenters. The summed E-state index contributed by atoms with van der Waals surface area (Å²) in [5, 5.41) is 9.37. The number of amides is 1. The summed E-state index contributed by atoms with van der Waals surface area (Å²) in [7, 11) is 1.49. The Morgan fingerprint density at radius 3 is 2.40 bits per heavy atom. The van der Waals surface area contributed by atoms with Gasteiger partial charge in [0.25, 0.3) is 5.91 Å². The zero-order valence-electron chi connectivity index (χ0n) is 26.6. The fraction of sp³-hybridized carbons (Fsp3) is 0.412. The number of ether oxygens (including phenoxy) is 1. The van der Waals surface area contributed by atoms with Crippen LogP contribution in [0.15, 0.2) is 61.2 Å². The van der Waals surface area contributed by atoms with E-state index in [9.17, 15) is 18.0 Å². The van der Waals surface area contributed by atoms with E-state index in [1.54, 1.807) is 41.2 Å². The van der Waals surface area contributed by atoms with Crippen molar-refractivity contribution in [3.63, 3.8) is 0 Å². The van der Waals surface area contributed by atoms with Gasteiger partial charge in [-0.05, 0) is 75.9 Å². The van der Waals surface area contributed by atoms with E-state index in [1.807, 2.05) is 11.0 Å². The number of benzene rings is 2. The van der Waals surface area contributed by atoms with Crippen molar-refractivity contribution in [2.24, 2.45) is 0 Å². The number of hydrogen-bond donors (Lipinski definition) is 3. The van der Waals surface area contributed by atoms with Crippen molar-refractivity contribution in [3.8, 4) is 11.6 Å². The second-order valence-electron chi connectivity index (χ2n) is 12.6. The van der Waals surface area contributed by atoms with Crippen LogP contribution in [-0.4, -0.2) is 75.7 Å². The number of nitrogens with zero attached hydrogens (tertiary/aromatic N) is 6. The first-order valence-corrected chi connectivity index (χ1v) is 16.3. The molecule has 3 fully saturated rings. The predicted molar refractivity (Wildman–Crippen MR) is 178 cm³/mol. The molecule has 11 nitrogen and oxygen atoms in total. The van der Waals surface area contributed by atoms with Crippen LogP contribution < -0.4 is 25.6 Å². The minimum Gasteiger partial charge on any atom is -0.497 e. The fourth-order valence-corrected chi connectivity index (χ4v) is 6.45. The first kappa shape index (κ1) is 31.7. The third-order valence-corrected chi connectivity index (χ3v) is 9.12. The van der Waals surface area contributed by atoms with Crippen molar-refractivity contribution in [3.05, 3.63) is 72.3 Å². The molecule has 1 saturated carbocycles. The third kappa shape index (κ3) is 7.33. The SMILES string of the molecule is COc1cc(NC(=O)c2cc(N3CCC(N4CCCC4)CC3)cc(C(F)(F)F)c2)cc(Nc2nccn2-c2cc(NC3CC3)ncn2)c1. The van der Waals surface area contributed by atoms with Gasteiger partial charge in [0.15, 0.2) is 0 Å². The van der Waals surface area contributed by atoms with Crippen molar-refractivity contribution < 1.29 is 22.7 Å². The smallest absolute Gasteiger partial charge is 0.416 e. The molecule has 7 rings (SSSR count). The lowest BCUT2D eigenvalue weighted by Crippen LogP contribution is -2.44. The Balaban J connectivity index is 1.09. The molecule has 2 aromatic carbocycles. The summed E-state index contributed by atoms with van der Waals surface area (Å²) in [5.41, 5.74) is 0.340. The molecule has 2 saturated heterocycles. The lowest BCUT2D eigenvalue weighted by atomic mass is 10.0. The second-order valence-corrected chi connectivity index (χ2v) is 12.6. The Morgan fingerprint density at radius 2 is 1.67 bits per heavy atom. The lowest BCUT2D eigenvalue weighted by Gasteiger charge is -2.38. The van der Waals surface area contributed by atoms with Crippen LogP contribution in [0.4, 0.5) is 42.0 Å². The van der Waals surface area contributed by atoms with Crippen molar-refractivity contribution >= 4 is 34.7 Å². The van der Waals surface area contributed by atoms with E-state index in [0.717, 1.165) is 56.7 Å². The fourth-order valence-electron chi connectivity index (χ4n) is 6.45. The van der Waals surface area contributed by atoms with E-state index in [-0.39, 0.29) is 5.56 Å². The number of imidazole rings is 1. The maximum absolute atomic E-state index is 14.0. The maximum atomic E-state index is 14.0. The number of nitrogens with one attached hydrogen (secondary N) is 3. The number of carbonyl (C=O) groups is 1. The largest absolute Gasteiger partial charge is 0.497 e. The Hall–Kier alpha value is -4.85. The average Bonchev–Trinajstić information content (AvgIpc) is 3.51. The molecular formula is C34H38F3N9O2. The molecule has 3 aliphatic rings. The van der Waals surface area contributed by atoms with Crippen LogP contribution in [0.1, 0.15) is 54.4 Å². The summed E-state index contributed by atoms with van der Waals surface area (Å²) in [5.74, 6) is 1.54. The second kappa shape index (κ2) is 13.3. The van der Waals surface area contributed by atoms with E-state index in [0.29, 0.717) is 59.8 Å². The number of likely N-dealkylation sites (tertiary alicyclic amines) is 1. The van der Waals surface area contributed by atoms with Crippen LogP contribution in [0.3, 0.4) is 0 Å². The molecule has 4 aromatic rings. The van der Waals surface area contributed by atoms with Crippen LogP contribution in [0.2, 0.25) is 0 Å². The van der Waals surface area contributed by atoms with Crippen molar-refractivity contribution in [1.82, 2.24) is 24.4 Å². The van der Waals surface area contributed by atoms with Gasteiger partial charge in [-0.15, -0.1) is 0 Å². The predicted octanol–water partition coefficient (Wildman–Crippen LogP) is 6.32. The molecule has 0 atom stereocenters. The number of rotatable bonds is 10. The van der Waals surface area contributed by atoms with Gasteiger partial charge in [0.05, 0.1) is 12.7 Å². The molecule has 0 radical (unpaired) electrons. The topological polar surface area (TPSA) is 112 Å². The highest BCUT2D eigenvalue weighted by atomic mass is 19.4. The van der Waals surface area contributed by atoms with E-state index in [2.05, 4.69) is 35.8 Å². The average molecular weight is 662 g/mol. The molecule has 14 heteroatoms. The van der Waals surface area contributed by atoms with Crippen LogP contribution in [0.5, 0.6) is 5.75 Å². The van der Waals surface area contributed by atoms with Crippen molar-refractivity contribution in [2.75, 3.05) is 54.1 Å². The Bertz CT molecular complexity index is 1760. The monoisotopic (exact) mass is 661 g/mol. The number of hydrogen-bond acceptors (Lipinski definition) is 9. The summed E-state index contributed by atoms with van der Waals surface area (Å²) in [6, 6.07) is 11.3. The summed E-state index contributed by atoms with van der Waals surface area (Å²) < 4.78 is 49.4. The zero-order chi connectivity index (χ0) is 33.3. The molecule has 48 heavy (non-hydrogen) atoms. The lowest BCUT2D eigenvalue weighted by molar-refractivity contribution is -0.137. The summed E-state index contributed by atoms with van der Waals surface area (Å²) in [6.45, 7) is 3.45. The number of halogens is 3. The Kier molecular flexibility index (Phi) is 8.82. The zero-order valence-corrected chi connectivity index (χ0v) is 26.6. The number of piperidine rings is 1. The Labute approximate surface area is 276 Å². The van der Waals surface area contributed by atoms with E-state index >= 15 is 0 Å². The van der Waals surface area contributed by atoms with Gasteiger partial charge in [-0.3, -0.25) is 9.36 Å². The van der Waals surface area contributed by atoms with Gasteiger partial charge >= 0.3 is 6.18 Å². The van der Waals surface area contributed by atoms with Crippen molar-refractivity contribution in [2.45, 2.75) is 56.8 Å². The maximum Gasteiger partial charge on any atom is 0.416 e. The highest BCUT2D eigenvalue weighted by molar-refractivity contribution is 6.05. The molecule has 1 amide bonds. The molecule has 252 valence electrons. The van der Waals surface area contributed by atoms with E-state index in [4.69, 9.17) is 4.74 Å². The highest BCUT2D eigenvalue weighted by Crippen LogP contribution is 2.35. The molecule has 0 spiro atoms. The van der Waals surface area contributed by atoms with Gasteiger partial charge in [-0.1, -0.05) is 0 Å². The first-order chi connectivity index (χ1) is 23.2. The van der Waals surface area contributed by atoms with Crippen LogP contribution in [-0.2, 0) is 6.18 Å². The number of carbonyl (C=O) groups excluding carboxylic acids is 1. The number of aromatic nitrogens is 4. The van der Waals surface area contributed by atoms with Crippen LogP contribution in [0.25, 0.3) is 5.82 Å². The van der Waals surface area contributed by atoms with Gasteiger partial charge in [-0.2, -0.15) is 13.2 Å². The third-order valence-electron chi connectivity index (χ3n) is 9.12. The Morgan fingerprint density at radius 1 is 0.896 bits per heavy atom. The van der Waals surface area contributed by atoms with Crippen LogP contribution in [0, 0.1) is 0 Å². The van der Waals surface area contributed by atoms with Gasteiger partial charge < -0.3 is 30.5 Å². The van der Waals surface area contributed by atoms with Crippen molar-refractivity contribution in [1.29, 1.82) is 0 Å². The molecule has 1 aliphatic carbocycles. The highest BCUT2D eigenvalue weighted by Gasteiger charge is 2.33. The summed E-state index contributed by atoms with van der Waals surface area (Å²) >= 11 is 0. The standard InChI is InChI=1S/C34H38F3N9O2/c1-48-29-18-25(17-26(19-29)43-33-38-8-13-46(33)31-20-30(39-21-40-31)41-24-4-5-24)42-32(47)22-14-23(34(35,36)37)16-28(15-22)45-11-6-27(7-12-45)44-9-2-3-10-44/h8,13-21,24,27H,2-7,9-12H2,1H3,(H,38,43)(H,42,47)(H,39,40,41). The normalized spacial score (nSPS) is 17.4. The molecule has 3 N–H and O–H groups in total. The van der Waals surface area contributed by atoms with Gasteiger partial charge in [-0.25, -0.2) is 15.0 Å². The van der Waals surface area contributed by atoms with E-state index < -0.39 is 17.6 Å². The minimum atomic E-state index is -4.60. The quantitative estimate of drug-likeness (QED) is 0.180. The number of methoxy groups -OCH3 is 1. The molecule has 0 bridgehead atoms. The van der Waals surface area contributed by atoms with Gasteiger partial charge in [0, 0.05) is 78.4 Å². The number of anilines is 5.